The fourth-order valence-corrected chi connectivity index (χ4v) is 2.56. The van der Waals surface area contributed by atoms with Crippen LogP contribution in [0.25, 0.3) is 0 Å². The van der Waals surface area contributed by atoms with Crippen LogP contribution in [-0.2, 0) is 0 Å². The van der Waals surface area contributed by atoms with Crippen LogP contribution in [-0.4, -0.2) is 27.6 Å². The van der Waals surface area contributed by atoms with Crippen molar-refractivity contribution in [2.75, 3.05) is 0 Å². The summed E-state index contributed by atoms with van der Waals surface area (Å²) in [5.41, 5.74) is 2.38. The number of rotatable bonds is 4. The lowest BCUT2D eigenvalue weighted by Gasteiger charge is -2.26. The number of allylic oxidation sites excluding steroid dienone is 6. The lowest BCUT2D eigenvalue weighted by molar-refractivity contribution is 0.0407. The predicted molar refractivity (Wildman–Crippen MR) is 109 cm³/mol. The molecule has 1 amide bonds. The number of carbonyl (C=O) groups is 1. The van der Waals surface area contributed by atoms with E-state index in [4.69, 9.17) is 0 Å². The standard InChI is InChI=1S/C23H28N2O2/c1-6-19-14-16(2)8-7-9-20(19)12-10-18-11-13-21(24-15-18)22(26)25-17(3)23(4,5)27/h7-9,11,13-15,17,19,27H,6H2,1-5H3,(H,25,26). The maximum atomic E-state index is 12.2. The van der Waals surface area contributed by atoms with Crippen LogP contribution in [0.1, 0.15) is 57.1 Å². The summed E-state index contributed by atoms with van der Waals surface area (Å²) in [4.78, 5) is 16.4. The molecule has 0 aromatic carbocycles. The minimum Gasteiger partial charge on any atom is -0.388 e. The van der Waals surface area contributed by atoms with Crippen molar-refractivity contribution in [3.63, 3.8) is 0 Å². The van der Waals surface area contributed by atoms with E-state index >= 15 is 0 Å². The van der Waals surface area contributed by atoms with E-state index < -0.39 is 5.60 Å². The largest absolute Gasteiger partial charge is 0.388 e. The molecule has 2 unspecified atom stereocenters. The summed E-state index contributed by atoms with van der Waals surface area (Å²) < 4.78 is 0. The summed E-state index contributed by atoms with van der Waals surface area (Å²) in [6.07, 6.45) is 11.0. The third-order valence-corrected chi connectivity index (χ3v) is 4.69. The fourth-order valence-electron chi connectivity index (χ4n) is 2.56. The van der Waals surface area contributed by atoms with Gasteiger partial charge in [-0.1, -0.05) is 48.6 Å². The van der Waals surface area contributed by atoms with E-state index in [9.17, 15) is 9.90 Å². The SMILES string of the molecule is CCC1C=C(C)C=CC=C1C#Cc1ccc(C(=O)NC(C)C(C)(C)O)nc1. The minimum absolute atomic E-state index is 0.304. The molecule has 0 saturated heterocycles. The normalized spacial score (nSPS) is 17.8. The average Bonchev–Trinajstić information content (AvgIpc) is 2.80. The van der Waals surface area contributed by atoms with E-state index in [0.29, 0.717) is 11.6 Å². The molecule has 0 saturated carbocycles. The first-order valence-corrected chi connectivity index (χ1v) is 9.28. The van der Waals surface area contributed by atoms with Crippen molar-refractivity contribution in [3.8, 4) is 11.8 Å². The van der Waals surface area contributed by atoms with E-state index in [2.05, 4.69) is 54.2 Å². The topological polar surface area (TPSA) is 62.2 Å². The summed E-state index contributed by atoms with van der Waals surface area (Å²) >= 11 is 0. The highest BCUT2D eigenvalue weighted by Gasteiger charge is 2.24. The van der Waals surface area contributed by atoms with Crippen LogP contribution in [0.3, 0.4) is 0 Å². The van der Waals surface area contributed by atoms with E-state index in [1.807, 2.05) is 6.08 Å². The van der Waals surface area contributed by atoms with Gasteiger partial charge in [0.05, 0.1) is 11.6 Å². The molecule has 2 rings (SSSR count). The van der Waals surface area contributed by atoms with Crippen LogP contribution in [0.5, 0.6) is 0 Å². The van der Waals surface area contributed by atoms with Gasteiger partial charge in [-0.15, -0.1) is 0 Å². The van der Waals surface area contributed by atoms with E-state index in [0.717, 1.165) is 17.6 Å². The van der Waals surface area contributed by atoms with Crippen molar-refractivity contribution in [2.24, 2.45) is 5.92 Å². The van der Waals surface area contributed by atoms with Gasteiger partial charge >= 0.3 is 0 Å². The monoisotopic (exact) mass is 364 g/mol. The molecule has 4 heteroatoms. The Kier molecular flexibility index (Phi) is 6.76. The van der Waals surface area contributed by atoms with E-state index in [1.165, 1.54) is 5.57 Å². The van der Waals surface area contributed by atoms with Crippen molar-refractivity contribution < 1.29 is 9.90 Å². The second kappa shape index (κ2) is 8.83. The van der Waals surface area contributed by atoms with Crippen LogP contribution >= 0.6 is 0 Å². The molecule has 0 aliphatic heterocycles. The Bertz CT molecular complexity index is 828. The third-order valence-electron chi connectivity index (χ3n) is 4.69. The van der Waals surface area contributed by atoms with Crippen LogP contribution < -0.4 is 5.32 Å². The molecular formula is C23H28N2O2. The number of nitrogens with zero attached hydrogens (tertiary/aromatic N) is 1. The third kappa shape index (κ3) is 5.94. The Morgan fingerprint density at radius 1 is 1.37 bits per heavy atom. The van der Waals surface area contributed by atoms with Gasteiger partial charge in [0, 0.05) is 23.3 Å². The van der Waals surface area contributed by atoms with Crippen LogP contribution in [0.15, 0.2) is 53.8 Å². The summed E-state index contributed by atoms with van der Waals surface area (Å²) in [5.74, 6) is 6.38. The van der Waals surface area contributed by atoms with Gasteiger partial charge in [0.2, 0.25) is 0 Å². The quantitative estimate of drug-likeness (QED) is 0.799. The molecule has 1 heterocycles. The van der Waals surface area contributed by atoms with Gasteiger partial charge in [-0.05, 0) is 46.2 Å². The molecule has 2 N–H and O–H groups in total. The molecule has 0 bridgehead atoms. The first kappa shape index (κ1) is 20.7. The molecule has 4 nitrogen and oxygen atoms in total. The first-order chi connectivity index (χ1) is 12.7. The number of hydrogen-bond acceptors (Lipinski definition) is 3. The molecule has 0 spiro atoms. The number of nitrogens with one attached hydrogen (secondary N) is 1. The molecule has 0 fully saturated rings. The highest BCUT2D eigenvalue weighted by atomic mass is 16.3. The van der Waals surface area contributed by atoms with Crippen LogP contribution in [0.2, 0.25) is 0 Å². The molecule has 2 atom stereocenters. The van der Waals surface area contributed by atoms with Gasteiger partial charge in [-0.2, -0.15) is 0 Å². The molecule has 1 aromatic rings. The molecule has 1 aliphatic carbocycles. The van der Waals surface area contributed by atoms with E-state index in [1.54, 1.807) is 39.1 Å². The summed E-state index contributed by atoms with van der Waals surface area (Å²) in [5, 5.41) is 12.7. The number of pyridine rings is 1. The smallest absolute Gasteiger partial charge is 0.270 e. The molecule has 1 aromatic heterocycles. The maximum absolute atomic E-state index is 12.2. The number of hydrogen-bond donors (Lipinski definition) is 2. The first-order valence-electron chi connectivity index (χ1n) is 9.28. The average molecular weight is 364 g/mol. The molecule has 1 aliphatic rings. The van der Waals surface area contributed by atoms with Gasteiger partial charge in [0.15, 0.2) is 0 Å². The molecule has 27 heavy (non-hydrogen) atoms. The van der Waals surface area contributed by atoms with Crippen molar-refractivity contribution in [1.82, 2.24) is 10.3 Å². The fraction of sp³-hybridized carbons (Fsp3) is 0.391. The van der Waals surface area contributed by atoms with E-state index in [-0.39, 0.29) is 11.9 Å². The predicted octanol–water partition coefficient (Wildman–Crippen LogP) is 3.79. The Morgan fingerprint density at radius 3 is 2.70 bits per heavy atom. The highest BCUT2D eigenvalue weighted by Crippen LogP contribution is 2.21. The van der Waals surface area contributed by atoms with Crippen molar-refractivity contribution in [3.05, 3.63) is 65.0 Å². The second-order valence-corrected chi connectivity index (χ2v) is 7.44. The van der Waals surface area contributed by atoms with Crippen LogP contribution in [0.4, 0.5) is 0 Å². The van der Waals surface area contributed by atoms with Gasteiger partial charge in [-0.25, -0.2) is 4.98 Å². The Balaban J connectivity index is 2.11. The zero-order chi connectivity index (χ0) is 20.0. The maximum Gasteiger partial charge on any atom is 0.270 e. The van der Waals surface area contributed by atoms with Crippen molar-refractivity contribution in [1.29, 1.82) is 0 Å². The number of carbonyl (C=O) groups excluding carboxylic acids is 1. The van der Waals surface area contributed by atoms with Gasteiger partial charge in [0.1, 0.15) is 5.69 Å². The molecule has 0 radical (unpaired) electrons. The Labute approximate surface area is 162 Å². The summed E-state index contributed by atoms with van der Waals surface area (Å²) in [7, 11) is 0. The Morgan fingerprint density at radius 2 is 2.11 bits per heavy atom. The lowest BCUT2D eigenvalue weighted by atomic mass is 9.95. The summed E-state index contributed by atoms with van der Waals surface area (Å²) in [6, 6.07) is 3.06. The molecule has 142 valence electrons. The summed E-state index contributed by atoms with van der Waals surface area (Å²) in [6.45, 7) is 9.31. The lowest BCUT2D eigenvalue weighted by Crippen LogP contribution is -2.47. The van der Waals surface area contributed by atoms with Gasteiger partial charge in [0.25, 0.3) is 5.91 Å². The van der Waals surface area contributed by atoms with Crippen molar-refractivity contribution >= 4 is 5.91 Å². The number of aromatic nitrogens is 1. The van der Waals surface area contributed by atoms with Gasteiger partial charge < -0.3 is 10.4 Å². The van der Waals surface area contributed by atoms with Crippen molar-refractivity contribution in [2.45, 2.75) is 52.7 Å². The number of amides is 1. The second-order valence-electron chi connectivity index (χ2n) is 7.44. The minimum atomic E-state index is -0.995. The highest BCUT2D eigenvalue weighted by molar-refractivity contribution is 5.92. The zero-order valence-corrected chi connectivity index (χ0v) is 16.7. The zero-order valence-electron chi connectivity index (χ0n) is 16.7. The Hall–Kier alpha value is -2.64. The molecular weight excluding hydrogens is 336 g/mol. The van der Waals surface area contributed by atoms with Gasteiger partial charge in [-0.3, -0.25) is 4.79 Å². The number of aliphatic hydroxyl groups is 1. The van der Waals surface area contributed by atoms with Crippen LogP contribution in [0, 0.1) is 17.8 Å².